The number of rotatable bonds is 3. The monoisotopic (exact) mass is 192 g/mol. The van der Waals surface area contributed by atoms with Gasteiger partial charge in [0.05, 0.1) is 0 Å². The van der Waals surface area contributed by atoms with Gasteiger partial charge in [0, 0.05) is 6.08 Å². The summed E-state index contributed by atoms with van der Waals surface area (Å²) in [4.78, 5) is 10.5. The Labute approximate surface area is 74.3 Å². The Morgan fingerprint density at radius 2 is 2.46 bits per heavy atom. The van der Waals surface area contributed by atoms with Crippen LogP contribution in [0, 0.1) is 0 Å². The van der Waals surface area contributed by atoms with Crippen LogP contribution in [0.4, 0.5) is 8.78 Å². The fourth-order valence-electron chi connectivity index (χ4n) is 0.903. The van der Waals surface area contributed by atoms with Crippen LogP contribution in [0.2, 0.25) is 0 Å². The summed E-state index contributed by atoms with van der Waals surface area (Å²) in [5.41, 5.74) is -2.07. The first-order valence-electron chi connectivity index (χ1n) is 3.76. The molecule has 0 aromatic rings. The summed E-state index contributed by atoms with van der Waals surface area (Å²) >= 11 is 0. The summed E-state index contributed by atoms with van der Waals surface area (Å²) in [7, 11) is 0. The molecule has 0 N–H and O–H groups in total. The summed E-state index contributed by atoms with van der Waals surface area (Å²) in [6, 6.07) is 0. The minimum atomic E-state index is -2.07. The normalized spacial score (nSPS) is 37.8. The molecule has 1 fully saturated rings. The fourth-order valence-corrected chi connectivity index (χ4v) is 0.903. The third-order valence-corrected chi connectivity index (χ3v) is 1.90. The lowest BCUT2D eigenvalue weighted by molar-refractivity contribution is -0.307. The van der Waals surface area contributed by atoms with Crippen LogP contribution in [0.15, 0.2) is 12.7 Å². The lowest BCUT2D eigenvalue weighted by atomic mass is 9.96. The molecule has 74 valence electrons. The van der Waals surface area contributed by atoms with E-state index in [-0.39, 0.29) is 6.61 Å². The second-order valence-electron chi connectivity index (χ2n) is 2.93. The highest BCUT2D eigenvalue weighted by molar-refractivity contribution is 5.81. The molecule has 1 rings (SSSR count). The van der Waals surface area contributed by atoms with E-state index in [0.717, 1.165) is 13.0 Å². The van der Waals surface area contributed by atoms with Crippen LogP contribution in [0.5, 0.6) is 0 Å². The number of carbonyl (C=O) groups excluding carboxylic acids is 1. The molecule has 13 heavy (non-hydrogen) atoms. The molecule has 0 aromatic carbocycles. The van der Waals surface area contributed by atoms with Crippen LogP contribution in [0.25, 0.3) is 0 Å². The van der Waals surface area contributed by atoms with Crippen molar-refractivity contribution in [3.63, 3.8) is 0 Å². The van der Waals surface area contributed by atoms with Crippen LogP contribution < -0.4 is 0 Å². The first-order chi connectivity index (χ1) is 5.98. The molecule has 3 unspecified atom stereocenters. The maximum absolute atomic E-state index is 13.1. The van der Waals surface area contributed by atoms with E-state index in [0.29, 0.717) is 0 Å². The van der Waals surface area contributed by atoms with Crippen molar-refractivity contribution >= 4 is 5.97 Å². The standard InChI is InChI=1S/C8H10F2O3/c1-3-6(11)12-4-5-8(2,10)7(9)13-5/h3,5,7H,1,4H2,2H3. The Kier molecular flexibility index (Phi) is 2.66. The largest absolute Gasteiger partial charge is 0.460 e. The molecule has 1 heterocycles. The van der Waals surface area contributed by atoms with Gasteiger partial charge >= 0.3 is 5.97 Å². The molecule has 0 spiro atoms. The molecule has 0 radical (unpaired) electrons. The molecule has 3 atom stereocenters. The van der Waals surface area contributed by atoms with E-state index in [9.17, 15) is 13.6 Å². The van der Waals surface area contributed by atoms with Crippen molar-refractivity contribution in [3.05, 3.63) is 12.7 Å². The molecule has 3 nitrogen and oxygen atoms in total. The van der Waals surface area contributed by atoms with Crippen molar-refractivity contribution in [1.29, 1.82) is 0 Å². The van der Waals surface area contributed by atoms with Crippen LogP contribution >= 0.6 is 0 Å². The van der Waals surface area contributed by atoms with Gasteiger partial charge in [-0.2, -0.15) is 0 Å². The lowest BCUT2D eigenvalue weighted by Crippen LogP contribution is -2.60. The van der Waals surface area contributed by atoms with Gasteiger partial charge in [0.1, 0.15) is 12.7 Å². The van der Waals surface area contributed by atoms with Gasteiger partial charge in [-0.25, -0.2) is 13.6 Å². The number of hydrogen-bond donors (Lipinski definition) is 0. The van der Waals surface area contributed by atoms with Gasteiger partial charge in [0.25, 0.3) is 0 Å². The highest BCUT2D eigenvalue weighted by atomic mass is 19.2. The zero-order chi connectivity index (χ0) is 10.1. The Balaban J connectivity index is 2.32. The van der Waals surface area contributed by atoms with E-state index in [1.54, 1.807) is 0 Å². The zero-order valence-corrected chi connectivity index (χ0v) is 7.13. The molecule has 0 saturated carbocycles. The molecule has 1 aliphatic heterocycles. The first-order valence-corrected chi connectivity index (χ1v) is 3.76. The second-order valence-corrected chi connectivity index (χ2v) is 2.93. The van der Waals surface area contributed by atoms with Crippen molar-refractivity contribution in [2.24, 2.45) is 0 Å². The SMILES string of the molecule is C=CC(=O)OCC1OC(F)C1(C)F. The highest BCUT2D eigenvalue weighted by Crippen LogP contribution is 2.37. The van der Waals surface area contributed by atoms with Gasteiger partial charge in [-0.1, -0.05) is 6.58 Å². The molecule has 0 aromatic heterocycles. The third kappa shape index (κ3) is 1.85. The van der Waals surface area contributed by atoms with Gasteiger partial charge < -0.3 is 9.47 Å². The lowest BCUT2D eigenvalue weighted by Gasteiger charge is -2.42. The van der Waals surface area contributed by atoms with E-state index in [1.807, 2.05) is 0 Å². The Morgan fingerprint density at radius 1 is 1.85 bits per heavy atom. The summed E-state index contributed by atoms with van der Waals surface area (Å²) in [5, 5.41) is 0. The van der Waals surface area contributed by atoms with Crippen LogP contribution in [-0.4, -0.2) is 30.7 Å². The number of hydrogen-bond acceptors (Lipinski definition) is 3. The van der Waals surface area contributed by atoms with E-state index in [2.05, 4.69) is 16.1 Å². The molecule has 5 heteroatoms. The predicted octanol–water partition coefficient (Wildman–Crippen LogP) is 1.14. The van der Waals surface area contributed by atoms with E-state index >= 15 is 0 Å². The number of esters is 1. The highest BCUT2D eigenvalue weighted by Gasteiger charge is 2.55. The van der Waals surface area contributed by atoms with E-state index in [4.69, 9.17) is 0 Å². The third-order valence-electron chi connectivity index (χ3n) is 1.90. The summed E-state index contributed by atoms with van der Waals surface area (Å²) in [5.74, 6) is -0.679. The molecule has 1 saturated heterocycles. The molecule has 1 aliphatic rings. The topological polar surface area (TPSA) is 35.5 Å². The smallest absolute Gasteiger partial charge is 0.330 e. The molecular formula is C8H10F2O3. The summed E-state index contributed by atoms with van der Waals surface area (Å²) in [6.45, 7) is 3.92. The zero-order valence-electron chi connectivity index (χ0n) is 7.13. The van der Waals surface area contributed by atoms with Gasteiger partial charge in [-0.3, -0.25) is 0 Å². The average molecular weight is 192 g/mol. The molecule has 0 amide bonds. The van der Waals surface area contributed by atoms with Crippen LogP contribution in [0.3, 0.4) is 0 Å². The first kappa shape index (κ1) is 10.1. The minimum absolute atomic E-state index is 0.293. The van der Waals surface area contributed by atoms with E-state index in [1.165, 1.54) is 0 Å². The van der Waals surface area contributed by atoms with Crippen molar-refractivity contribution in [2.75, 3.05) is 6.61 Å². The Morgan fingerprint density at radius 3 is 2.85 bits per heavy atom. The Hall–Kier alpha value is -0.970. The average Bonchev–Trinajstić information content (AvgIpc) is 2.11. The molecular weight excluding hydrogens is 182 g/mol. The van der Waals surface area contributed by atoms with Gasteiger partial charge in [-0.15, -0.1) is 0 Å². The Bertz CT molecular complexity index is 227. The van der Waals surface area contributed by atoms with Crippen molar-refractivity contribution in [2.45, 2.75) is 25.1 Å². The van der Waals surface area contributed by atoms with Gasteiger partial charge in [-0.05, 0) is 6.92 Å². The maximum atomic E-state index is 13.1. The number of halogens is 2. The summed E-state index contributed by atoms with van der Waals surface area (Å²) < 4.78 is 34.4. The van der Waals surface area contributed by atoms with Crippen LogP contribution in [0.1, 0.15) is 6.92 Å². The molecule has 0 aliphatic carbocycles. The van der Waals surface area contributed by atoms with Gasteiger partial charge in [0.15, 0.2) is 5.67 Å². The number of carbonyl (C=O) groups is 1. The maximum Gasteiger partial charge on any atom is 0.330 e. The fraction of sp³-hybridized carbons (Fsp3) is 0.625. The van der Waals surface area contributed by atoms with Crippen molar-refractivity contribution in [3.8, 4) is 0 Å². The molecule has 0 bridgehead atoms. The predicted molar refractivity (Wildman–Crippen MR) is 40.4 cm³/mol. The second kappa shape index (κ2) is 3.41. The summed E-state index contributed by atoms with van der Waals surface area (Å²) in [6.07, 6.45) is -2.01. The minimum Gasteiger partial charge on any atom is -0.460 e. The van der Waals surface area contributed by atoms with Crippen LogP contribution in [-0.2, 0) is 14.3 Å². The van der Waals surface area contributed by atoms with Crippen molar-refractivity contribution < 1.29 is 23.0 Å². The van der Waals surface area contributed by atoms with Crippen molar-refractivity contribution in [1.82, 2.24) is 0 Å². The number of ether oxygens (including phenoxy) is 2. The van der Waals surface area contributed by atoms with E-state index < -0.39 is 24.1 Å². The number of alkyl halides is 2. The quantitative estimate of drug-likeness (QED) is 0.496. The van der Waals surface area contributed by atoms with Gasteiger partial charge in [0.2, 0.25) is 6.36 Å².